The van der Waals surface area contributed by atoms with Crippen LogP contribution in [0.2, 0.25) is 10.0 Å². The number of rotatable bonds is 6. The molecule has 1 rings (SSSR count). The fourth-order valence-corrected chi connectivity index (χ4v) is 1.62. The number of hydrogen-bond acceptors (Lipinski definition) is 2. The van der Waals surface area contributed by atoms with Gasteiger partial charge in [-0.05, 0) is 23.8 Å². The van der Waals surface area contributed by atoms with E-state index in [-0.39, 0.29) is 0 Å². The van der Waals surface area contributed by atoms with Crippen LogP contribution in [-0.4, -0.2) is 19.2 Å². The fourth-order valence-electron chi connectivity index (χ4n) is 1.26. The molecule has 90 valence electrons. The first kappa shape index (κ1) is 13.8. The van der Waals surface area contributed by atoms with E-state index in [0.29, 0.717) is 29.3 Å². The number of nitrogens with one attached hydrogen (secondary N) is 1. The normalized spacial score (nSPS) is 11.1. The molecule has 1 aromatic rings. The topological polar surface area (TPSA) is 21.3 Å². The van der Waals surface area contributed by atoms with Crippen molar-refractivity contribution in [3.63, 3.8) is 0 Å². The van der Waals surface area contributed by atoms with Gasteiger partial charge in [0.2, 0.25) is 0 Å². The van der Waals surface area contributed by atoms with Gasteiger partial charge in [0.25, 0.3) is 0 Å². The Bertz CT molecular complexity index is 329. The molecule has 0 bridgehead atoms. The molecule has 0 atom stereocenters. The largest absolute Gasteiger partial charge is 0.375 e. The highest BCUT2D eigenvalue weighted by Gasteiger charge is 2.01. The molecule has 0 heterocycles. The van der Waals surface area contributed by atoms with Crippen LogP contribution < -0.4 is 5.32 Å². The second-order valence-corrected chi connectivity index (χ2v) is 4.74. The minimum atomic E-state index is 0.485. The lowest BCUT2D eigenvalue weighted by atomic mass is 10.2. The van der Waals surface area contributed by atoms with Gasteiger partial charge in [0.15, 0.2) is 0 Å². The average molecular weight is 262 g/mol. The van der Waals surface area contributed by atoms with Crippen LogP contribution in [0.5, 0.6) is 0 Å². The minimum absolute atomic E-state index is 0.485. The molecule has 0 aliphatic heterocycles. The maximum Gasteiger partial charge on any atom is 0.0732 e. The van der Waals surface area contributed by atoms with Crippen LogP contribution in [0.4, 0.5) is 0 Å². The Morgan fingerprint density at radius 2 is 2.06 bits per heavy atom. The van der Waals surface area contributed by atoms with E-state index in [1.54, 1.807) is 12.1 Å². The van der Waals surface area contributed by atoms with Crippen molar-refractivity contribution in [2.75, 3.05) is 13.2 Å². The van der Waals surface area contributed by atoms with E-state index in [0.717, 1.165) is 12.1 Å². The lowest BCUT2D eigenvalue weighted by Gasteiger charge is -2.09. The van der Waals surface area contributed by atoms with Gasteiger partial charge in [0, 0.05) is 22.6 Å². The summed E-state index contributed by atoms with van der Waals surface area (Å²) in [5.41, 5.74) is 0.929. The standard InChI is InChI=1S/C12H17Cl2NO/c1-9(2)15-5-6-16-8-10-7-11(13)3-4-12(10)14/h3-4,7,9,15H,5-6,8H2,1-2H3. The zero-order valence-electron chi connectivity index (χ0n) is 9.59. The first-order valence-corrected chi connectivity index (χ1v) is 6.10. The van der Waals surface area contributed by atoms with Gasteiger partial charge in [-0.25, -0.2) is 0 Å². The van der Waals surface area contributed by atoms with Crippen molar-refractivity contribution >= 4 is 23.2 Å². The molecule has 1 N–H and O–H groups in total. The molecule has 0 aliphatic rings. The second kappa shape index (κ2) is 7.13. The van der Waals surface area contributed by atoms with E-state index in [4.69, 9.17) is 27.9 Å². The molecular formula is C12H17Cl2NO. The number of hydrogen-bond donors (Lipinski definition) is 1. The summed E-state index contributed by atoms with van der Waals surface area (Å²) in [7, 11) is 0. The Kier molecular flexibility index (Phi) is 6.14. The summed E-state index contributed by atoms with van der Waals surface area (Å²) in [4.78, 5) is 0. The fraction of sp³-hybridized carbons (Fsp3) is 0.500. The third-order valence-corrected chi connectivity index (χ3v) is 2.67. The van der Waals surface area contributed by atoms with E-state index in [1.165, 1.54) is 0 Å². The predicted molar refractivity (Wildman–Crippen MR) is 69.3 cm³/mol. The van der Waals surface area contributed by atoms with Crippen molar-refractivity contribution in [3.8, 4) is 0 Å². The van der Waals surface area contributed by atoms with Crippen LogP contribution in [0.1, 0.15) is 19.4 Å². The number of halogens is 2. The van der Waals surface area contributed by atoms with Gasteiger partial charge in [-0.2, -0.15) is 0 Å². The molecular weight excluding hydrogens is 245 g/mol. The highest BCUT2D eigenvalue weighted by molar-refractivity contribution is 6.33. The third kappa shape index (κ3) is 5.17. The summed E-state index contributed by atoms with van der Waals surface area (Å²) < 4.78 is 5.50. The number of ether oxygens (including phenoxy) is 1. The molecule has 0 saturated carbocycles. The highest BCUT2D eigenvalue weighted by atomic mass is 35.5. The van der Waals surface area contributed by atoms with Crippen LogP contribution in [0.15, 0.2) is 18.2 Å². The Morgan fingerprint density at radius 3 is 2.75 bits per heavy atom. The monoisotopic (exact) mass is 261 g/mol. The van der Waals surface area contributed by atoms with Crippen molar-refractivity contribution in [1.29, 1.82) is 0 Å². The molecule has 0 aromatic heterocycles. The molecule has 0 unspecified atom stereocenters. The smallest absolute Gasteiger partial charge is 0.0732 e. The van der Waals surface area contributed by atoms with E-state index in [2.05, 4.69) is 19.2 Å². The van der Waals surface area contributed by atoms with Crippen LogP contribution >= 0.6 is 23.2 Å². The van der Waals surface area contributed by atoms with Crippen molar-refractivity contribution in [2.45, 2.75) is 26.5 Å². The zero-order valence-corrected chi connectivity index (χ0v) is 11.1. The minimum Gasteiger partial charge on any atom is -0.375 e. The quantitative estimate of drug-likeness (QED) is 0.792. The van der Waals surface area contributed by atoms with E-state index in [1.807, 2.05) is 6.07 Å². The molecule has 0 fully saturated rings. The molecule has 2 nitrogen and oxygen atoms in total. The van der Waals surface area contributed by atoms with E-state index >= 15 is 0 Å². The Labute approximate surface area is 107 Å². The summed E-state index contributed by atoms with van der Waals surface area (Å²) in [5.74, 6) is 0. The molecule has 0 radical (unpaired) electrons. The van der Waals surface area contributed by atoms with Crippen molar-refractivity contribution in [2.24, 2.45) is 0 Å². The van der Waals surface area contributed by atoms with E-state index in [9.17, 15) is 0 Å². The first-order chi connectivity index (χ1) is 7.59. The maximum atomic E-state index is 6.01. The number of benzene rings is 1. The Balaban J connectivity index is 2.29. The van der Waals surface area contributed by atoms with E-state index < -0.39 is 0 Å². The summed E-state index contributed by atoms with van der Waals surface area (Å²) in [6.07, 6.45) is 0. The van der Waals surface area contributed by atoms with Crippen LogP contribution in [0, 0.1) is 0 Å². The summed E-state index contributed by atoms with van der Waals surface area (Å²) >= 11 is 11.9. The van der Waals surface area contributed by atoms with Crippen molar-refractivity contribution < 1.29 is 4.74 Å². The zero-order chi connectivity index (χ0) is 12.0. The lowest BCUT2D eigenvalue weighted by Crippen LogP contribution is -2.26. The van der Waals surface area contributed by atoms with Crippen LogP contribution in [-0.2, 0) is 11.3 Å². The van der Waals surface area contributed by atoms with Crippen molar-refractivity contribution in [1.82, 2.24) is 5.32 Å². The lowest BCUT2D eigenvalue weighted by molar-refractivity contribution is 0.121. The van der Waals surface area contributed by atoms with Gasteiger partial charge in [-0.3, -0.25) is 0 Å². The van der Waals surface area contributed by atoms with Gasteiger partial charge in [-0.15, -0.1) is 0 Å². The summed E-state index contributed by atoms with van der Waals surface area (Å²) in [6.45, 7) is 6.22. The molecule has 0 saturated heterocycles. The third-order valence-electron chi connectivity index (χ3n) is 2.06. The molecule has 4 heteroatoms. The predicted octanol–water partition coefficient (Wildman–Crippen LogP) is 3.51. The first-order valence-electron chi connectivity index (χ1n) is 5.34. The Morgan fingerprint density at radius 1 is 1.31 bits per heavy atom. The van der Waals surface area contributed by atoms with Crippen molar-refractivity contribution in [3.05, 3.63) is 33.8 Å². The molecule has 1 aromatic carbocycles. The molecule has 0 spiro atoms. The second-order valence-electron chi connectivity index (χ2n) is 3.90. The molecule has 16 heavy (non-hydrogen) atoms. The SMILES string of the molecule is CC(C)NCCOCc1cc(Cl)ccc1Cl. The van der Waals surface area contributed by atoms with Gasteiger partial charge in [0.05, 0.1) is 13.2 Å². The van der Waals surface area contributed by atoms with Crippen LogP contribution in [0.3, 0.4) is 0 Å². The van der Waals surface area contributed by atoms with Gasteiger partial charge >= 0.3 is 0 Å². The van der Waals surface area contributed by atoms with Gasteiger partial charge in [-0.1, -0.05) is 37.0 Å². The molecule has 0 aliphatic carbocycles. The summed E-state index contributed by atoms with van der Waals surface area (Å²) in [5, 5.41) is 4.65. The maximum absolute atomic E-state index is 6.01. The summed E-state index contributed by atoms with van der Waals surface area (Å²) in [6, 6.07) is 5.88. The van der Waals surface area contributed by atoms with Gasteiger partial charge < -0.3 is 10.1 Å². The molecule has 0 amide bonds. The van der Waals surface area contributed by atoms with Crippen LogP contribution in [0.25, 0.3) is 0 Å². The average Bonchev–Trinajstić information content (AvgIpc) is 2.22. The highest BCUT2D eigenvalue weighted by Crippen LogP contribution is 2.21. The Hall–Kier alpha value is -0.280. The van der Waals surface area contributed by atoms with Gasteiger partial charge in [0.1, 0.15) is 0 Å².